The number of carbonyl (C=O) groups excluding carboxylic acids is 1. The maximum atomic E-state index is 12.9. The molecule has 1 atom stereocenters. The maximum absolute atomic E-state index is 12.9. The zero-order valence-electron chi connectivity index (χ0n) is 17.1. The lowest BCUT2D eigenvalue weighted by molar-refractivity contribution is 0.0951. The standard InChI is InChI=1S/C22H29N3O3.ClH/c1-16-10-13-25(15-18-4-3-11-23-14-18)22(27)20(16)21(26)24-12-9-17-5-7-19(28-2)8-6-17;/h5-8,10,13,18,23H,3-4,9,11-12,14-15H2,1-2H3,(H,24,26);1H. The number of amides is 1. The Bertz CT molecular complexity index is 859. The molecule has 1 aromatic carbocycles. The number of hydrogen-bond acceptors (Lipinski definition) is 4. The van der Waals surface area contributed by atoms with Gasteiger partial charge in [0.05, 0.1) is 7.11 Å². The number of methoxy groups -OCH3 is 1. The number of carbonyl (C=O) groups is 1. The van der Waals surface area contributed by atoms with Crippen molar-refractivity contribution >= 4 is 18.3 Å². The fraction of sp³-hybridized carbons (Fsp3) is 0.455. The minimum atomic E-state index is -0.299. The van der Waals surface area contributed by atoms with Crippen LogP contribution in [0.1, 0.15) is 34.3 Å². The van der Waals surface area contributed by atoms with Gasteiger partial charge in [0.1, 0.15) is 11.3 Å². The highest BCUT2D eigenvalue weighted by molar-refractivity contribution is 5.95. The lowest BCUT2D eigenvalue weighted by atomic mass is 9.99. The Morgan fingerprint density at radius 3 is 2.69 bits per heavy atom. The van der Waals surface area contributed by atoms with Gasteiger partial charge in [-0.15, -0.1) is 12.4 Å². The van der Waals surface area contributed by atoms with Crippen LogP contribution in [-0.2, 0) is 13.0 Å². The van der Waals surface area contributed by atoms with Gasteiger partial charge in [-0.1, -0.05) is 12.1 Å². The average Bonchev–Trinajstić information content (AvgIpc) is 2.71. The third-order valence-electron chi connectivity index (χ3n) is 5.31. The van der Waals surface area contributed by atoms with Gasteiger partial charge in [-0.3, -0.25) is 9.59 Å². The molecular weight excluding hydrogens is 390 g/mol. The second-order valence-electron chi connectivity index (χ2n) is 7.40. The Labute approximate surface area is 178 Å². The number of aryl methyl sites for hydroxylation is 1. The van der Waals surface area contributed by atoms with Crippen LogP contribution in [0.5, 0.6) is 5.75 Å². The maximum Gasteiger partial charge on any atom is 0.263 e. The molecule has 0 spiro atoms. The van der Waals surface area contributed by atoms with Crippen molar-refractivity contribution in [1.82, 2.24) is 15.2 Å². The van der Waals surface area contributed by atoms with E-state index in [9.17, 15) is 9.59 Å². The van der Waals surface area contributed by atoms with Crippen molar-refractivity contribution in [2.24, 2.45) is 5.92 Å². The number of benzene rings is 1. The summed E-state index contributed by atoms with van der Waals surface area (Å²) >= 11 is 0. The van der Waals surface area contributed by atoms with E-state index < -0.39 is 0 Å². The van der Waals surface area contributed by atoms with Gasteiger partial charge in [0.25, 0.3) is 11.5 Å². The van der Waals surface area contributed by atoms with Crippen molar-refractivity contribution < 1.29 is 9.53 Å². The number of nitrogens with zero attached hydrogens (tertiary/aromatic N) is 1. The first-order valence-electron chi connectivity index (χ1n) is 9.90. The highest BCUT2D eigenvalue weighted by atomic mass is 35.5. The number of pyridine rings is 1. The Balaban J connectivity index is 0.00000300. The van der Waals surface area contributed by atoms with Gasteiger partial charge < -0.3 is 19.9 Å². The number of halogens is 1. The largest absolute Gasteiger partial charge is 0.497 e. The van der Waals surface area contributed by atoms with Crippen molar-refractivity contribution in [3.05, 3.63) is 63.6 Å². The van der Waals surface area contributed by atoms with E-state index >= 15 is 0 Å². The molecule has 1 aliphatic rings. The summed E-state index contributed by atoms with van der Waals surface area (Å²) in [6, 6.07) is 9.61. The molecule has 158 valence electrons. The SMILES string of the molecule is COc1ccc(CCNC(=O)c2c(C)ccn(CC3CCCNC3)c2=O)cc1.Cl. The predicted octanol–water partition coefficient (Wildman–Crippen LogP) is 2.56. The van der Waals surface area contributed by atoms with E-state index in [0.717, 1.165) is 37.2 Å². The molecule has 3 rings (SSSR count). The van der Waals surface area contributed by atoms with E-state index in [1.807, 2.05) is 37.3 Å². The van der Waals surface area contributed by atoms with E-state index in [2.05, 4.69) is 10.6 Å². The molecular formula is C22H30ClN3O3. The van der Waals surface area contributed by atoms with Crippen LogP contribution in [-0.4, -0.2) is 37.2 Å². The molecule has 1 aromatic heterocycles. The summed E-state index contributed by atoms with van der Waals surface area (Å²) in [7, 11) is 1.63. The van der Waals surface area contributed by atoms with Gasteiger partial charge in [0.2, 0.25) is 0 Å². The van der Waals surface area contributed by atoms with Gasteiger partial charge in [-0.2, -0.15) is 0 Å². The Kier molecular flexibility index (Phi) is 8.73. The number of rotatable bonds is 7. The molecule has 2 aromatic rings. The van der Waals surface area contributed by atoms with E-state index in [4.69, 9.17) is 4.74 Å². The van der Waals surface area contributed by atoms with E-state index in [-0.39, 0.29) is 29.4 Å². The molecule has 1 unspecified atom stereocenters. The van der Waals surface area contributed by atoms with Crippen molar-refractivity contribution in [3.8, 4) is 5.75 Å². The summed E-state index contributed by atoms with van der Waals surface area (Å²) in [6.45, 7) is 4.90. The summed E-state index contributed by atoms with van der Waals surface area (Å²) in [5.74, 6) is 0.939. The zero-order valence-corrected chi connectivity index (χ0v) is 17.9. The molecule has 1 amide bonds. The second-order valence-corrected chi connectivity index (χ2v) is 7.40. The van der Waals surface area contributed by atoms with Crippen LogP contribution >= 0.6 is 12.4 Å². The molecule has 1 fully saturated rings. The van der Waals surface area contributed by atoms with Crippen LogP contribution in [0.2, 0.25) is 0 Å². The zero-order chi connectivity index (χ0) is 19.9. The third kappa shape index (κ3) is 6.08. The fourth-order valence-electron chi connectivity index (χ4n) is 3.64. The fourth-order valence-corrected chi connectivity index (χ4v) is 3.64. The lowest BCUT2D eigenvalue weighted by Gasteiger charge is -2.23. The van der Waals surface area contributed by atoms with Crippen LogP contribution in [0.25, 0.3) is 0 Å². The summed E-state index contributed by atoms with van der Waals surface area (Å²) < 4.78 is 6.83. The van der Waals surface area contributed by atoms with Crippen molar-refractivity contribution in [2.75, 3.05) is 26.7 Å². The first kappa shape index (κ1) is 23.0. The molecule has 2 heterocycles. The van der Waals surface area contributed by atoms with Crippen LogP contribution in [0.3, 0.4) is 0 Å². The molecule has 29 heavy (non-hydrogen) atoms. The second kappa shape index (κ2) is 11.0. The molecule has 0 saturated carbocycles. The Hall–Kier alpha value is -2.31. The van der Waals surface area contributed by atoms with E-state index in [0.29, 0.717) is 31.0 Å². The number of nitrogens with one attached hydrogen (secondary N) is 2. The van der Waals surface area contributed by atoms with Crippen LogP contribution in [0.4, 0.5) is 0 Å². The van der Waals surface area contributed by atoms with E-state index in [1.165, 1.54) is 0 Å². The van der Waals surface area contributed by atoms with Gasteiger partial charge >= 0.3 is 0 Å². The quantitative estimate of drug-likeness (QED) is 0.723. The van der Waals surface area contributed by atoms with Gasteiger partial charge in [-0.25, -0.2) is 0 Å². The summed E-state index contributed by atoms with van der Waals surface area (Å²) in [5.41, 5.74) is 1.87. The monoisotopic (exact) mass is 419 g/mol. The minimum Gasteiger partial charge on any atom is -0.497 e. The summed E-state index contributed by atoms with van der Waals surface area (Å²) in [6.07, 6.45) is 4.74. The van der Waals surface area contributed by atoms with Crippen LogP contribution in [0, 0.1) is 12.8 Å². The smallest absolute Gasteiger partial charge is 0.263 e. The topological polar surface area (TPSA) is 72.4 Å². The number of ether oxygens (including phenoxy) is 1. The highest BCUT2D eigenvalue weighted by Gasteiger charge is 2.18. The van der Waals surface area contributed by atoms with Gasteiger partial charge in [0.15, 0.2) is 0 Å². The first-order chi connectivity index (χ1) is 13.6. The Morgan fingerprint density at radius 1 is 1.28 bits per heavy atom. The summed E-state index contributed by atoms with van der Waals surface area (Å²) in [5, 5.41) is 6.26. The van der Waals surface area contributed by atoms with Crippen LogP contribution in [0.15, 0.2) is 41.3 Å². The number of aromatic nitrogens is 1. The van der Waals surface area contributed by atoms with Crippen molar-refractivity contribution in [1.29, 1.82) is 0 Å². The van der Waals surface area contributed by atoms with E-state index in [1.54, 1.807) is 17.9 Å². The number of piperidine rings is 1. The number of hydrogen-bond donors (Lipinski definition) is 2. The molecule has 0 radical (unpaired) electrons. The first-order valence-corrected chi connectivity index (χ1v) is 9.90. The van der Waals surface area contributed by atoms with Crippen molar-refractivity contribution in [3.63, 3.8) is 0 Å². The molecule has 7 heteroatoms. The predicted molar refractivity (Wildman–Crippen MR) is 117 cm³/mol. The Morgan fingerprint density at radius 2 is 2.03 bits per heavy atom. The molecule has 0 bridgehead atoms. The third-order valence-corrected chi connectivity index (χ3v) is 5.31. The molecule has 0 aliphatic carbocycles. The van der Waals surface area contributed by atoms with Gasteiger partial charge in [-0.05, 0) is 74.5 Å². The van der Waals surface area contributed by atoms with Gasteiger partial charge in [0, 0.05) is 19.3 Å². The normalized spacial score (nSPS) is 16.0. The lowest BCUT2D eigenvalue weighted by Crippen LogP contribution is -2.38. The average molecular weight is 420 g/mol. The molecule has 1 aliphatic heterocycles. The summed E-state index contributed by atoms with van der Waals surface area (Å²) in [4.78, 5) is 25.5. The molecule has 2 N–H and O–H groups in total. The minimum absolute atomic E-state index is 0. The molecule has 1 saturated heterocycles. The molecule has 6 nitrogen and oxygen atoms in total. The van der Waals surface area contributed by atoms with Crippen molar-refractivity contribution in [2.45, 2.75) is 32.7 Å². The highest BCUT2D eigenvalue weighted by Crippen LogP contribution is 2.13. The van der Waals surface area contributed by atoms with Crippen LogP contribution < -0.4 is 20.9 Å².